The molecule has 0 fully saturated rings. The van der Waals surface area contributed by atoms with Gasteiger partial charge in [-0.3, -0.25) is 4.98 Å². The number of aromatic nitrogens is 3. The van der Waals surface area contributed by atoms with Crippen molar-refractivity contribution in [1.29, 1.82) is 0 Å². The summed E-state index contributed by atoms with van der Waals surface area (Å²) in [7, 11) is 0. The van der Waals surface area contributed by atoms with Crippen molar-refractivity contribution in [3.63, 3.8) is 0 Å². The number of hydrogen-bond acceptors (Lipinski definition) is 5. The molecule has 2 heterocycles. The Morgan fingerprint density at radius 1 is 1.15 bits per heavy atom. The average Bonchev–Trinajstić information content (AvgIpc) is 2.86. The second-order valence-electron chi connectivity index (χ2n) is 5.23. The van der Waals surface area contributed by atoms with Crippen molar-refractivity contribution < 1.29 is 4.52 Å². The van der Waals surface area contributed by atoms with E-state index in [1.165, 1.54) is 0 Å². The Morgan fingerprint density at radius 3 is 2.40 bits per heavy atom. The topological polar surface area (TPSA) is 63.8 Å². The van der Waals surface area contributed by atoms with Crippen molar-refractivity contribution >= 4 is 0 Å². The second-order valence-corrected chi connectivity index (χ2v) is 5.23. The van der Waals surface area contributed by atoms with Gasteiger partial charge in [0, 0.05) is 23.0 Å². The summed E-state index contributed by atoms with van der Waals surface area (Å²) < 4.78 is 5.41. The molecular formula is C15H22N4O. The molecule has 2 aromatic rings. The zero-order valence-electron chi connectivity index (χ0n) is 12.8. The molecule has 0 spiro atoms. The van der Waals surface area contributed by atoms with E-state index in [1.54, 1.807) is 0 Å². The summed E-state index contributed by atoms with van der Waals surface area (Å²) in [6, 6.07) is 4.24. The summed E-state index contributed by atoms with van der Waals surface area (Å²) in [6.45, 7) is 11.2. The number of nitrogens with one attached hydrogen (secondary N) is 1. The van der Waals surface area contributed by atoms with E-state index in [0.717, 1.165) is 23.5 Å². The van der Waals surface area contributed by atoms with Crippen LogP contribution in [0.3, 0.4) is 0 Å². The lowest BCUT2D eigenvalue weighted by Crippen LogP contribution is -2.30. The molecule has 0 aliphatic heterocycles. The van der Waals surface area contributed by atoms with Crippen LogP contribution in [-0.2, 0) is 0 Å². The van der Waals surface area contributed by atoms with Gasteiger partial charge in [0.25, 0.3) is 0 Å². The molecule has 0 aliphatic carbocycles. The van der Waals surface area contributed by atoms with E-state index < -0.39 is 0 Å². The van der Waals surface area contributed by atoms with Crippen molar-refractivity contribution in [2.24, 2.45) is 0 Å². The number of likely N-dealkylation sites (N-methyl/N-ethyl adjacent to an activating group) is 1. The van der Waals surface area contributed by atoms with Gasteiger partial charge in [-0.1, -0.05) is 19.0 Å². The van der Waals surface area contributed by atoms with Crippen LogP contribution < -0.4 is 5.32 Å². The molecule has 108 valence electrons. The van der Waals surface area contributed by atoms with Gasteiger partial charge >= 0.3 is 0 Å². The van der Waals surface area contributed by atoms with Crippen LogP contribution in [0.25, 0.3) is 11.4 Å². The SMILES string of the molecule is CCNC(C)C(C)c1nc(-c2cc(C)nc(C)c2)no1. The van der Waals surface area contributed by atoms with Crippen LogP contribution >= 0.6 is 0 Å². The Balaban J connectivity index is 2.24. The highest BCUT2D eigenvalue weighted by atomic mass is 16.5. The predicted molar refractivity (Wildman–Crippen MR) is 78.6 cm³/mol. The molecule has 2 atom stereocenters. The van der Waals surface area contributed by atoms with Crippen LogP contribution in [0.5, 0.6) is 0 Å². The summed E-state index contributed by atoms with van der Waals surface area (Å²) in [4.78, 5) is 8.88. The van der Waals surface area contributed by atoms with Gasteiger partial charge < -0.3 is 9.84 Å². The first-order chi connectivity index (χ1) is 9.51. The maximum absolute atomic E-state index is 5.41. The van der Waals surface area contributed by atoms with E-state index in [2.05, 4.69) is 41.2 Å². The van der Waals surface area contributed by atoms with E-state index in [0.29, 0.717) is 17.8 Å². The van der Waals surface area contributed by atoms with Crippen LogP contribution in [0.1, 0.15) is 44.0 Å². The summed E-state index contributed by atoms with van der Waals surface area (Å²) in [6.07, 6.45) is 0. The van der Waals surface area contributed by atoms with E-state index in [1.807, 2.05) is 26.0 Å². The highest BCUT2D eigenvalue weighted by Gasteiger charge is 2.20. The Kier molecular flexibility index (Phi) is 4.49. The first-order valence-corrected chi connectivity index (χ1v) is 7.04. The van der Waals surface area contributed by atoms with Gasteiger partial charge in [0.15, 0.2) is 0 Å². The summed E-state index contributed by atoms with van der Waals surface area (Å²) in [5.74, 6) is 1.48. The number of nitrogens with zero attached hydrogens (tertiary/aromatic N) is 3. The van der Waals surface area contributed by atoms with Gasteiger partial charge in [0.05, 0.1) is 5.92 Å². The van der Waals surface area contributed by atoms with E-state index in [4.69, 9.17) is 4.52 Å². The molecule has 0 aliphatic rings. The number of rotatable bonds is 5. The third-order valence-electron chi connectivity index (χ3n) is 3.45. The zero-order valence-corrected chi connectivity index (χ0v) is 12.8. The Labute approximate surface area is 119 Å². The van der Waals surface area contributed by atoms with Crippen LogP contribution in [-0.4, -0.2) is 27.7 Å². The van der Waals surface area contributed by atoms with E-state index in [-0.39, 0.29) is 5.92 Å². The summed E-state index contributed by atoms with van der Waals surface area (Å²) in [5, 5.41) is 7.46. The van der Waals surface area contributed by atoms with Crippen molar-refractivity contribution in [3.8, 4) is 11.4 Å². The molecule has 0 amide bonds. The first kappa shape index (κ1) is 14.7. The molecule has 0 radical (unpaired) electrons. The maximum atomic E-state index is 5.41. The minimum atomic E-state index is 0.181. The van der Waals surface area contributed by atoms with Crippen LogP contribution in [0.2, 0.25) is 0 Å². The molecule has 20 heavy (non-hydrogen) atoms. The lowest BCUT2D eigenvalue weighted by molar-refractivity contribution is 0.332. The molecule has 2 rings (SSSR count). The Hall–Kier alpha value is -1.75. The van der Waals surface area contributed by atoms with Gasteiger partial charge in [-0.05, 0) is 39.4 Å². The van der Waals surface area contributed by atoms with Crippen molar-refractivity contribution in [1.82, 2.24) is 20.4 Å². The van der Waals surface area contributed by atoms with Gasteiger partial charge in [-0.2, -0.15) is 4.98 Å². The van der Waals surface area contributed by atoms with Crippen LogP contribution in [0.15, 0.2) is 16.7 Å². The molecule has 0 bridgehead atoms. The number of hydrogen-bond donors (Lipinski definition) is 1. The van der Waals surface area contributed by atoms with Crippen molar-refractivity contribution in [2.75, 3.05) is 6.54 Å². The monoisotopic (exact) mass is 274 g/mol. The summed E-state index contributed by atoms with van der Waals surface area (Å²) in [5.41, 5.74) is 2.87. The molecule has 2 unspecified atom stereocenters. The molecule has 0 saturated heterocycles. The maximum Gasteiger partial charge on any atom is 0.231 e. The fourth-order valence-corrected chi connectivity index (χ4v) is 2.21. The third kappa shape index (κ3) is 3.22. The standard InChI is InChI=1S/C15H22N4O/c1-6-16-12(5)11(4)15-18-14(19-20-15)13-7-9(2)17-10(3)8-13/h7-8,11-12,16H,6H2,1-5H3. The predicted octanol–water partition coefficient (Wildman–Crippen LogP) is 2.85. The lowest BCUT2D eigenvalue weighted by Gasteiger charge is -2.16. The number of aryl methyl sites for hydroxylation is 2. The largest absolute Gasteiger partial charge is 0.339 e. The normalized spacial score (nSPS) is 14.2. The Bertz CT molecular complexity index is 559. The third-order valence-corrected chi connectivity index (χ3v) is 3.45. The fourth-order valence-electron chi connectivity index (χ4n) is 2.21. The molecule has 0 saturated carbocycles. The van der Waals surface area contributed by atoms with E-state index in [9.17, 15) is 0 Å². The van der Waals surface area contributed by atoms with Gasteiger partial charge in [0.2, 0.25) is 11.7 Å². The minimum absolute atomic E-state index is 0.181. The first-order valence-electron chi connectivity index (χ1n) is 7.04. The highest BCUT2D eigenvalue weighted by molar-refractivity contribution is 5.55. The molecular weight excluding hydrogens is 252 g/mol. The van der Waals surface area contributed by atoms with Gasteiger partial charge in [-0.25, -0.2) is 0 Å². The quantitative estimate of drug-likeness (QED) is 0.908. The minimum Gasteiger partial charge on any atom is -0.339 e. The van der Waals surface area contributed by atoms with Crippen LogP contribution in [0.4, 0.5) is 0 Å². The van der Waals surface area contributed by atoms with Crippen molar-refractivity contribution in [3.05, 3.63) is 29.4 Å². The smallest absolute Gasteiger partial charge is 0.231 e. The van der Waals surface area contributed by atoms with Crippen molar-refractivity contribution in [2.45, 2.75) is 46.6 Å². The highest BCUT2D eigenvalue weighted by Crippen LogP contribution is 2.22. The zero-order chi connectivity index (χ0) is 14.7. The second kappa shape index (κ2) is 6.13. The van der Waals surface area contributed by atoms with Crippen LogP contribution in [0, 0.1) is 13.8 Å². The number of pyridine rings is 1. The molecule has 1 N–H and O–H groups in total. The molecule has 0 aromatic carbocycles. The fraction of sp³-hybridized carbons (Fsp3) is 0.533. The van der Waals surface area contributed by atoms with Gasteiger partial charge in [-0.15, -0.1) is 0 Å². The average molecular weight is 274 g/mol. The Morgan fingerprint density at radius 2 is 1.80 bits per heavy atom. The molecule has 5 heteroatoms. The molecule has 5 nitrogen and oxygen atoms in total. The summed E-state index contributed by atoms with van der Waals surface area (Å²) >= 11 is 0. The van der Waals surface area contributed by atoms with Gasteiger partial charge in [0.1, 0.15) is 0 Å². The lowest BCUT2D eigenvalue weighted by atomic mass is 10.0. The molecule has 2 aromatic heterocycles. The van der Waals surface area contributed by atoms with E-state index >= 15 is 0 Å².